The molecule has 1 saturated heterocycles. The van der Waals surface area contributed by atoms with Gasteiger partial charge in [-0.05, 0) is 18.6 Å². The Balaban J connectivity index is 1.68. The highest BCUT2D eigenvalue weighted by Crippen LogP contribution is 2.24. The summed E-state index contributed by atoms with van der Waals surface area (Å²) in [6.07, 6.45) is -3.21. The predicted octanol–water partition coefficient (Wildman–Crippen LogP) is 0.657. The van der Waals surface area contributed by atoms with Crippen LogP contribution in [0.1, 0.15) is 5.56 Å². The summed E-state index contributed by atoms with van der Waals surface area (Å²) in [7, 11) is 0. The minimum atomic E-state index is -4.45. The van der Waals surface area contributed by atoms with Crippen molar-refractivity contribution >= 4 is 16.8 Å². The summed E-state index contributed by atoms with van der Waals surface area (Å²) in [6, 6.07) is 3.38. The Morgan fingerprint density at radius 1 is 1.32 bits per heavy atom. The maximum atomic E-state index is 13.4. The third kappa shape index (κ3) is 4.50. The minimum absolute atomic E-state index is 0.257. The number of carbonyl (C=O) groups excluding carboxylic acids is 1. The molecule has 0 radical (unpaired) electrons. The number of piperazine rings is 1. The van der Waals surface area contributed by atoms with E-state index in [1.54, 1.807) is 12.1 Å². The first kappa shape index (κ1) is 20.3. The van der Waals surface area contributed by atoms with E-state index in [9.17, 15) is 22.8 Å². The van der Waals surface area contributed by atoms with Crippen molar-refractivity contribution in [3.63, 3.8) is 0 Å². The molecule has 1 unspecified atom stereocenters. The van der Waals surface area contributed by atoms with Gasteiger partial charge in [-0.25, -0.2) is 4.98 Å². The van der Waals surface area contributed by atoms with Crippen molar-refractivity contribution in [1.82, 2.24) is 25.1 Å². The van der Waals surface area contributed by atoms with Gasteiger partial charge in [0.2, 0.25) is 5.91 Å². The average molecular weight is 397 g/mol. The lowest BCUT2D eigenvalue weighted by Crippen LogP contribution is -2.57. The highest BCUT2D eigenvalue weighted by atomic mass is 19.4. The van der Waals surface area contributed by atoms with Crippen molar-refractivity contribution in [2.75, 3.05) is 32.7 Å². The third-order valence-electron chi connectivity index (χ3n) is 4.83. The lowest BCUT2D eigenvalue weighted by molar-refractivity contribution is -0.184. The van der Waals surface area contributed by atoms with Gasteiger partial charge in [-0.15, -0.1) is 0 Å². The molecule has 0 aliphatic carbocycles. The standard InChI is InChI=1S/C18H22F3N5O2/c1-12-3-2-4-13-16(12)24-11-26(17(13)28)10-15(27)23-9-14(18(19,20)21)25-7-5-22-6-8-25/h2-4,11,14,22H,5-10H2,1H3,(H,23,27). The number of fused-ring (bicyclic) bond motifs is 1. The number of nitrogens with one attached hydrogen (secondary N) is 2. The lowest BCUT2D eigenvalue weighted by atomic mass is 10.1. The van der Waals surface area contributed by atoms with E-state index in [1.165, 1.54) is 11.2 Å². The van der Waals surface area contributed by atoms with Crippen molar-refractivity contribution in [1.29, 1.82) is 0 Å². The number of carbonyl (C=O) groups is 1. The zero-order valence-electron chi connectivity index (χ0n) is 15.4. The van der Waals surface area contributed by atoms with Crippen LogP contribution in [0.3, 0.4) is 0 Å². The van der Waals surface area contributed by atoms with Crippen LogP contribution in [0.4, 0.5) is 13.2 Å². The van der Waals surface area contributed by atoms with E-state index in [0.29, 0.717) is 24.0 Å². The number of benzene rings is 1. The zero-order valence-corrected chi connectivity index (χ0v) is 15.4. The number of para-hydroxylation sites is 1. The largest absolute Gasteiger partial charge is 0.405 e. The quantitative estimate of drug-likeness (QED) is 0.775. The molecule has 1 aromatic heterocycles. The second kappa shape index (κ2) is 8.27. The van der Waals surface area contributed by atoms with Gasteiger partial charge in [-0.1, -0.05) is 12.1 Å². The number of halogens is 3. The van der Waals surface area contributed by atoms with Gasteiger partial charge in [0.05, 0.1) is 17.2 Å². The van der Waals surface area contributed by atoms with Crippen LogP contribution < -0.4 is 16.2 Å². The molecule has 10 heteroatoms. The summed E-state index contributed by atoms with van der Waals surface area (Å²) < 4.78 is 41.2. The Labute approximate surface area is 159 Å². The molecule has 0 saturated carbocycles. The van der Waals surface area contributed by atoms with Crippen molar-refractivity contribution in [2.45, 2.75) is 25.7 Å². The molecule has 1 amide bonds. The summed E-state index contributed by atoms with van der Waals surface area (Å²) in [4.78, 5) is 30.2. The van der Waals surface area contributed by atoms with Gasteiger partial charge in [-0.3, -0.25) is 19.1 Å². The highest BCUT2D eigenvalue weighted by Gasteiger charge is 2.43. The van der Waals surface area contributed by atoms with Gasteiger partial charge < -0.3 is 10.6 Å². The smallest absolute Gasteiger partial charge is 0.353 e. The van der Waals surface area contributed by atoms with Gasteiger partial charge in [0, 0.05) is 32.7 Å². The fraction of sp³-hybridized carbons (Fsp3) is 0.500. The molecular weight excluding hydrogens is 375 g/mol. The molecule has 2 N–H and O–H groups in total. The van der Waals surface area contributed by atoms with Crippen LogP contribution >= 0.6 is 0 Å². The van der Waals surface area contributed by atoms with Crippen LogP contribution in [-0.2, 0) is 11.3 Å². The molecule has 7 nitrogen and oxygen atoms in total. The highest BCUT2D eigenvalue weighted by molar-refractivity contribution is 5.81. The molecule has 1 aromatic carbocycles. The molecule has 1 aliphatic rings. The number of hydrogen-bond donors (Lipinski definition) is 2. The molecule has 2 heterocycles. The van der Waals surface area contributed by atoms with Crippen molar-refractivity contribution in [2.24, 2.45) is 0 Å². The fourth-order valence-corrected chi connectivity index (χ4v) is 3.32. The molecule has 0 bridgehead atoms. The molecule has 28 heavy (non-hydrogen) atoms. The van der Waals surface area contributed by atoms with Gasteiger partial charge >= 0.3 is 6.18 Å². The Morgan fingerprint density at radius 2 is 2.04 bits per heavy atom. The molecule has 1 atom stereocenters. The van der Waals surface area contributed by atoms with E-state index in [2.05, 4.69) is 15.6 Å². The molecule has 1 aliphatic heterocycles. The van der Waals surface area contributed by atoms with Gasteiger partial charge in [0.25, 0.3) is 5.56 Å². The molecule has 0 spiro atoms. The number of nitrogens with zero attached hydrogens (tertiary/aromatic N) is 3. The Morgan fingerprint density at radius 3 is 2.71 bits per heavy atom. The van der Waals surface area contributed by atoms with Crippen LogP contribution in [0.15, 0.2) is 29.3 Å². The molecule has 152 valence electrons. The second-order valence-electron chi connectivity index (χ2n) is 6.80. The third-order valence-corrected chi connectivity index (χ3v) is 4.83. The van der Waals surface area contributed by atoms with Crippen LogP contribution in [0, 0.1) is 6.92 Å². The first-order valence-electron chi connectivity index (χ1n) is 9.00. The number of aryl methyl sites for hydroxylation is 1. The summed E-state index contributed by atoms with van der Waals surface area (Å²) in [5.74, 6) is -0.666. The summed E-state index contributed by atoms with van der Waals surface area (Å²) >= 11 is 0. The van der Waals surface area contributed by atoms with Crippen LogP contribution in [-0.4, -0.2) is 65.3 Å². The SMILES string of the molecule is Cc1cccc2c(=O)n(CC(=O)NCC(N3CCNCC3)C(F)(F)F)cnc12. The van der Waals surface area contributed by atoms with Crippen molar-refractivity contribution < 1.29 is 18.0 Å². The topological polar surface area (TPSA) is 79.3 Å². The van der Waals surface area contributed by atoms with E-state index >= 15 is 0 Å². The number of rotatable bonds is 5. The lowest BCUT2D eigenvalue weighted by Gasteiger charge is -2.35. The summed E-state index contributed by atoms with van der Waals surface area (Å²) in [6.45, 7) is 2.33. The van der Waals surface area contributed by atoms with Crippen molar-refractivity contribution in [3.05, 3.63) is 40.4 Å². The number of amides is 1. The van der Waals surface area contributed by atoms with E-state index in [-0.39, 0.29) is 19.6 Å². The summed E-state index contributed by atoms with van der Waals surface area (Å²) in [5, 5.41) is 5.68. The first-order chi connectivity index (χ1) is 13.3. The molecule has 3 rings (SSSR count). The second-order valence-corrected chi connectivity index (χ2v) is 6.80. The van der Waals surface area contributed by atoms with E-state index in [1.807, 2.05) is 13.0 Å². The average Bonchev–Trinajstić information content (AvgIpc) is 2.64. The maximum absolute atomic E-state index is 13.4. The van der Waals surface area contributed by atoms with E-state index in [0.717, 1.165) is 10.1 Å². The van der Waals surface area contributed by atoms with Crippen molar-refractivity contribution in [3.8, 4) is 0 Å². The normalized spacial score (nSPS) is 16.9. The Kier molecular flexibility index (Phi) is 5.99. The fourth-order valence-electron chi connectivity index (χ4n) is 3.32. The Hall–Kier alpha value is -2.46. The van der Waals surface area contributed by atoms with Gasteiger partial charge in [0.1, 0.15) is 12.6 Å². The zero-order chi connectivity index (χ0) is 20.3. The van der Waals surface area contributed by atoms with Crippen LogP contribution in [0.2, 0.25) is 0 Å². The van der Waals surface area contributed by atoms with E-state index < -0.39 is 30.2 Å². The molecule has 2 aromatic rings. The molecular formula is C18H22F3N5O2. The number of aromatic nitrogens is 2. The first-order valence-corrected chi connectivity index (χ1v) is 9.00. The number of hydrogen-bond acceptors (Lipinski definition) is 5. The maximum Gasteiger partial charge on any atom is 0.405 e. The monoisotopic (exact) mass is 397 g/mol. The number of alkyl halides is 3. The summed E-state index contributed by atoms with van der Waals surface area (Å²) in [5.41, 5.74) is 0.966. The van der Waals surface area contributed by atoms with Crippen LogP contribution in [0.25, 0.3) is 10.9 Å². The Bertz CT molecular complexity index is 906. The molecule has 1 fully saturated rings. The predicted molar refractivity (Wildman–Crippen MR) is 98.0 cm³/mol. The van der Waals surface area contributed by atoms with E-state index in [4.69, 9.17) is 0 Å². The van der Waals surface area contributed by atoms with Gasteiger partial charge in [-0.2, -0.15) is 13.2 Å². The minimum Gasteiger partial charge on any atom is -0.353 e. The van der Waals surface area contributed by atoms with Gasteiger partial charge in [0.15, 0.2) is 0 Å². The van der Waals surface area contributed by atoms with Crippen LogP contribution in [0.5, 0.6) is 0 Å².